The minimum Gasteiger partial charge on any atom is -0.426 e. The highest BCUT2D eigenvalue weighted by atomic mass is 19.1. The molecule has 8 heteroatoms. The molecule has 0 bridgehead atoms. The van der Waals surface area contributed by atoms with Crippen LogP contribution in [0.5, 0.6) is 5.75 Å². The Kier molecular flexibility index (Phi) is 6.15. The molecule has 204 valence electrons. The highest BCUT2D eigenvalue weighted by Crippen LogP contribution is 2.41. The summed E-state index contributed by atoms with van der Waals surface area (Å²) < 4.78 is 22.5. The molecule has 1 aliphatic carbocycles. The number of esters is 1. The van der Waals surface area contributed by atoms with Crippen LogP contribution in [0.15, 0.2) is 60.7 Å². The van der Waals surface area contributed by atoms with Gasteiger partial charge in [0, 0.05) is 41.9 Å². The molecule has 4 aromatic rings. The van der Waals surface area contributed by atoms with E-state index < -0.39 is 5.82 Å². The number of benzene rings is 2. The first kappa shape index (κ1) is 25.0. The van der Waals surface area contributed by atoms with Gasteiger partial charge in [-0.15, -0.1) is 0 Å². The zero-order chi connectivity index (χ0) is 27.4. The van der Waals surface area contributed by atoms with Gasteiger partial charge in [0.2, 0.25) is 0 Å². The van der Waals surface area contributed by atoms with Crippen molar-refractivity contribution in [3.05, 3.63) is 88.9 Å². The van der Waals surface area contributed by atoms with E-state index in [2.05, 4.69) is 24.4 Å². The molecule has 1 unspecified atom stereocenters. The number of hydrogen-bond acceptors (Lipinski definition) is 5. The van der Waals surface area contributed by atoms with Crippen LogP contribution in [-0.2, 0) is 11.2 Å². The number of ether oxygens (including phenoxy) is 1. The number of fused-ring (bicyclic) bond motifs is 2. The Bertz CT molecular complexity index is 1640. The van der Waals surface area contributed by atoms with Gasteiger partial charge in [-0.3, -0.25) is 9.59 Å². The maximum atomic E-state index is 15.3. The predicted octanol–water partition coefficient (Wildman–Crippen LogP) is 5.29. The summed E-state index contributed by atoms with van der Waals surface area (Å²) in [5, 5.41) is 7.89. The first-order valence-electron chi connectivity index (χ1n) is 14.1. The number of carbonyl (C=O) groups is 2. The molecule has 0 radical (unpaired) electrons. The van der Waals surface area contributed by atoms with Crippen LogP contribution in [0, 0.1) is 11.7 Å². The van der Waals surface area contributed by atoms with Gasteiger partial charge in [0.15, 0.2) is 0 Å². The SMILES string of the molecule is C[C@@H]1c2ccccc2CCN1C(=O)c1cc(C2CC2)n2nc(-c3ccc(OC(=O)C4CCNC4)cc3F)cc2c1. The van der Waals surface area contributed by atoms with Crippen LogP contribution >= 0.6 is 0 Å². The van der Waals surface area contributed by atoms with Gasteiger partial charge >= 0.3 is 5.97 Å². The summed E-state index contributed by atoms with van der Waals surface area (Å²) in [5.41, 5.74) is 5.67. The zero-order valence-electron chi connectivity index (χ0n) is 22.4. The van der Waals surface area contributed by atoms with Crippen LogP contribution in [0.4, 0.5) is 4.39 Å². The van der Waals surface area contributed by atoms with E-state index in [4.69, 9.17) is 9.84 Å². The summed E-state index contributed by atoms with van der Waals surface area (Å²) in [5.74, 6) is -0.540. The molecule has 2 aliphatic heterocycles. The normalized spacial score (nSPS) is 20.5. The zero-order valence-corrected chi connectivity index (χ0v) is 22.4. The smallest absolute Gasteiger partial charge is 0.315 e. The fraction of sp³-hybridized carbons (Fsp3) is 0.344. The number of amides is 1. The molecule has 1 saturated heterocycles. The minimum absolute atomic E-state index is 0.00367. The van der Waals surface area contributed by atoms with E-state index in [1.165, 1.54) is 17.2 Å². The molecule has 1 saturated carbocycles. The second-order valence-corrected chi connectivity index (χ2v) is 11.2. The Hall–Kier alpha value is -4.04. The molecular weight excluding hydrogens is 507 g/mol. The Morgan fingerprint density at radius 1 is 1.05 bits per heavy atom. The predicted molar refractivity (Wildman–Crippen MR) is 149 cm³/mol. The van der Waals surface area contributed by atoms with Gasteiger partial charge in [0.25, 0.3) is 5.91 Å². The molecule has 1 amide bonds. The standard InChI is InChI=1S/C32H31FN4O3/c1-19-26-5-3-2-4-20(26)11-13-36(19)31(38)23-14-24-16-29(35-37(24)30(15-23)21-6-7-21)27-9-8-25(17-28(27)33)40-32(39)22-10-12-34-18-22/h2-5,8-9,14-17,19,21-22,34H,6-7,10-13,18H2,1H3/t19-,22?/m1/s1. The van der Waals surface area contributed by atoms with Gasteiger partial charge in [0.1, 0.15) is 11.6 Å². The van der Waals surface area contributed by atoms with Gasteiger partial charge in [-0.25, -0.2) is 8.91 Å². The van der Waals surface area contributed by atoms with Crippen molar-refractivity contribution in [2.24, 2.45) is 5.92 Å². The van der Waals surface area contributed by atoms with Crippen molar-refractivity contribution in [2.45, 2.75) is 44.6 Å². The first-order chi connectivity index (χ1) is 19.5. The third-order valence-corrected chi connectivity index (χ3v) is 8.52. The second kappa shape index (κ2) is 9.86. The molecule has 40 heavy (non-hydrogen) atoms. The number of nitrogens with zero attached hydrogens (tertiary/aromatic N) is 3. The lowest BCUT2D eigenvalue weighted by atomic mass is 9.93. The average Bonchev–Trinajstić information content (AvgIpc) is 3.47. The summed E-state index contributed by atoms with van der Waals surface area (Å²) in [6.45, 7) is 4.12. The maximum absolute atomic E-state index is 15.3. The van der Waals surface area contributed by atoms with Gasteiger partial charge in [-0.1, -0.05) is 24.3 Å². The number of pyridine rings is 1. The van der Waals surface area contributed by atoms with Crippen LogP contribution in [0.1, 0.15) is 65.3 Å². The largest absolute Gasteiger partial charge is 0.426 e. The van der Waals surface area contributed by atoms with Crippen molar-refractivity contribution in [1.82, 2.24) is 19.8 Å². The van der Waals surface area contributed by atoms with E-state index in [-0.39, 0.29) is 29.6 Å². The van der Waals surface area contributed by atoms with Crippen LogP contribution in [0.3, 0.4) is 0 Å². The van der Waals surface area contributed by atoms with Crippen LogP contribution in [0.2, 0.25) is 0 Å². The molecule has 7 rings (SSSR count). The Labute approximate surface area is 231 Å². The van der Waals surface area contributed by atoms with E-state index in [1.54, 1.807) is 12.1 Å². The monoisotopic (exact) mass is 538 g/mol. The van der Waals surface area contributed by atoms with Crippen molar-refractivity contribution >= 4 is 17.4 Å². The molecule has 1 N–H and O–H groups in total. The number of halogens is 1. The molecule has 7 nitrogen and oxygen atoms in total. The summed E-state index contributed by atoms with van der Waals surface area (Å²) in [4.78, 5) is 28.1. The van der Waals surface area contributed by atoms with Gasteiger partial charge in [-0.2, -0.15) is 5.10 Å². The fourth-order valence-corrected chi connectivity index (χ4v) is 6.09. The third kappa shape index (κ3) is 4.46. The fourth-order valence-electron chi connectivity index (χ4n) is 6.09. The van der Waals surface area contributed by atoms with E-state index in [9.17, 15) is 9.59 Å². The van der Waals surface area contributed by atoms with E-state index in [1.807, 2.05) is 39.7 Å². The summed E-state index contributed by atoms with van der Waals surface area (Å²) in [6, 6.07) is 18.4. The molecule has 2 aromatic carbocycles. The van der Waals surface area contributed by atoms with Crippen molar-refractivity contribution < 1.29 is 18.7 Å². The quantitative estimate of drug-likeness (QED) is 0.276. The van der Waals surface area contributed by atoms with Crippen molar-refractivity contribution in [1.29, 1.82) is 0 Å². The average molecular weight is 539 g/mol. The lowest BCUT2D eigenvalue weighted by Crippen LogP contribution is -2.38. The molecule has 4 heterocycles. The lowest BCUT2D eigenvalue weighted by molar-refractivity contribution is -0.138. The van der Waals surface area contributed by atoms with E-state index in [0.29, 0.717) is 35.8 Å². The third-order valence-electron chi connectivity index (χ3n) is 8.52. The highest BCUT2D eigenvalue weighted by molar-refractivity contribution is 5.96. The molecule has 0 spiro atoms. The Balaban J connectivity index is 1.19. The molecule has 2 aromatic heterocycles. The van der Waals surface area contributed by atoms with Gasteiger partial charge in [0.05, 0.1) is 23.2 Å². The molecular formula is C32H31FN4O3. The summed E-state index contributed by atoms with van der Waals surface area (Å²) >= 11 is 0. The van der Waals surface area contributed by atoms with Gasteiger partial charge in [-0.05, 0) is 80.6 Å². The maximum Gasteiger partial charge on any atom is 0.315 e. The topological polar surface area (TPSA) is 75.9 Å². The van der Waals surface area contributed by atoms with Crippen molar-refractivity contribution in [3.63, 3.8) is 0 Å². The highest BCUT2D eigenvalue weighted by Gasteiger charge is 2.32. The van der Waals surface area contributed by atoms with E-state index >= 15 is 4.39 Å². The lowest BCUT2D eigenvalue weighted by Gasteiger charge is -2.35. The van der Waals surface area contributed by atoms with E-state index in [0.717, 1.165) is 43.4 Å². The van der Waals surface area contributed by atoms with Crippen LogP contribution in [-0.4, -0.2) is 46.0 Å². The van der Waals surface area contributed by atoms with Crippen LogP contribution in [0.25, 0.3) is 16.8 Å². The van der Waals surface area contributed by atoms with Crippen molar-refractivity contribution in [2.75, 3.05) is 19.6 Å². The minimum atomic E-state index is -0.511. The molecule has 3 aliphatic rings. The van der Waals surface area contributed by atoms with Gasteiger partial charge < -0.3 is 15.0 Å². The van der Waals surface area contributed by atoms with Crippen molar-refractivity contribution in [3.8, 4) is 17.0 Å². The number of hydrogen-bond donors (Lipinski definition) is 1. The molecule has 2 atom stereocenters. The first-order valence-corrected chi connectivity index (χ1v) is 14.1. The second-order valence-electron chi connectivity index (χ2n) is 11.2. The summed E-state index contributed by atoms with van der Waals surface area (Å²) in [6.07, 6.45) is 3.64. The Morgan fingerprint density at radius 2 is 1.90 bits per heavy atom. The molecule has 2 fully saturated rings. The number of aromatic nitrogens is 2. The number of carbonyl (C=O) groups excluding carboxylic acids is 2. The van der Waals surface area contributed by atoms with Crippen LogP contribution < -0.4 is 10.1 Å². The number of nitrogens with one attached hydrogen (secondary N) is 1. The summed E-state index contributed by atoms with van der Waals surface area (Å²) in [7, 11) is 0. The Morgan fingerprint density at radius 3 is 2.67 bits per heavy atom. The number of rotatable bonds is 5.